The van der Waals surface area contributed by atoms with Crippen LogP contribution in [0, 0.1) is 0 Å². The van der Waals surface area contributed by atoms with Gasteiger partial charge in [0.2, 0.25) is 5.88 Å². The molecule has 1 aromatic carbocycles. The maximum atomic E-state index is 13.0. The van der Waals surface area contributed by atoms with Crippen LogP contribution in [-0.2, 0) is 20.4 Å². The maximum absolute atomic E-state index is 13.0. The summed E-state index contributed by atoms with van der Waals surface area (Å²) in [6, 6.07) is 7.86. The van der Waals surface area contributed by atoms with Crippen molar-refractivity contribution in [2.45, 2.75) is 18.3 Å². The predicted octanol–water partition coefficient (Wildman–Crippen LogP) is 1.57. The van der Waals surface area contributed by atoms with E-state index in [2.05, 4.69) is 9.71 Å². The Morgan fingerprint density at radius 1 is 1.24 bits per heavy atom. The third-order valence-corrected chi connectivity index (χ3v) is 5.90. The number of rotatable bonds is 8. The quantitative estimate of drug-likeness (QED) is 0.618. The van der Waals surface area contributed by atoms with E-state index in [4.69, 9.17) is 15.2 Å². The first-order valence-electron chi connectivity index (χ1n) is 8.55. The van der Waals surface area contributed by atoms with Gasteiger partial charge in [0.05, 0.1) is 25.3 Å². The smallest absolute Gasteiger partial charge is 0.335 e. The normalized spacial score (nSPS) is 14.6. The van der Waals surface area contributed by atoms with Crippen molar-refractivity contribution in [1.82, 2.24) is 4.98 Å². The third-order valence-electron chi connectivity index (χ3n) is 4.57. The number of nitrogens with zero attached hydrogens (tertiary/aromatic N) is 2. The van der Waals surface area contributed by atoms with E-state index in [1.807, 2.05) is 0 Å². The molecule has 1 fully saturated rings. The summed E-state index contributed by atoms with van der Waals surface area (Å²) in [5.41, 5.74) is 5.32. The van der Waals surface area contributed by atoms with Crippen LogP contribution >= 0.6 is 0 Å². The molecule has 11 heteroatoms. The Kier molecular flexibility index (Phi) is 5.33. The van der Waals surface area contributed by atoms with Crippen LogP contribution in [0.25, 0.3) is 0 Å². The van der Waals surface area contributed by atoms with Gasteiger partial charge in [-0.2, -0.15) is 17.7 Å². The van der Waals surface area contributed by atoms with E-state index < -0.39 is 21.7 Å². The monoisotopic (exact) mass is 420 g/mol. The lowest BCUT2D eigenvalue weighted by Crippen LogP contribution is -2.44. The fraction of sp³-hybridized carbons (Fsp3) is 0.278. The highest BCUT2D eigenvalue weighted by Gasteiger charge is 2.46. The van der Waals surface area contributed by atoms with E-state index in [9.17, 15) is 18.0 Å². The van der Waals surface area contributed by atoms with Gasteiger partial charge >= 0.3 is 16.2 Å². The van der Waals surface area contributed by atoms with Crippen molar-refractivity contribution in [3.63, 3.8) is 0 Å². The number of hydrogen-bond donors (Lipinski definition) is 2. The molecule has 10 nitrogen and oxygen atoms in total. The summed E-state index contributed by atoms with van der Waals surface area (Å²) < 4.78 is 38.8. The Morgan fingerprint density at radius 2 is 1.93 bits per heavy atom. The van der Waals surface area contributed by atoms with Gasteiger partial charge in [0, 0.05) is 12.1 Å². The zero-order valence-electron chi connectivity index (χ0n) is 15.8. The van der Waals surface area contributed by atoms with Crippen LogP contribution in [0.1, 0.15) is 18.4 Å². The second kappa shape index (κ2) is 7.59. The number of primary amides is 1. The summed E-state index contributed by atoms with van der Waals surface area (Å²) in [6.45, 7) is 0. The first kappa shape index (κ1) is 20.4. The van der Waals surface area contributed by atoms with Gasteiger partial charge in [-0.25, -0.2) is 4.79 Å². The fourth-order valence-corrected chi connectivity index (χ4v) is 4.05. The molecule has 2 amide bonds. The highest BCUT2D eigenvalue weighted by Crippen LogP contribution is 2.49. The molecule has 2 aromatic rings. The molecule has 29 heavy (non-hydrogen) atoms. The van der Waals surface area contributed by atoms with Gasteiger partial charge in [0.1, 0.15) is 12.0 Å². The van der Waals surface area contributed by atoms with Gasteiger partial charge in [0.25, 0.3) is 0 Å². The van der Waals surface area contributed by atoms with Gasteiger partial charge < -0.3 is 20.0 Å². The largest absolute Gasteiger partial charge is 0.496 e. The number of pyridine rings is 1. The van der Waals surface area contributed by atoms with Gasteiger partial charge in [0.15, 0.2) is 5.82 Å². The molecule has 1 saturated carbocycles. The van der Waals surface area contributed by atoms with E-state index in [-0.39, 0.29) is 23.1 Å². The van der Waals surface area contributed by atoms with E-state index in [1.54, 1.807) is 18.2 Å². The van der Waals surface area contributed by atoms with Crippen LogP contribution in [0.4, 0.5) is 16.3 Å². The number of urea groups is 1. The molecule has 1 heterocycles. The number of carbonyl (C=O) groups excluding carboxylic acids is 2. The van der Waals surface area contributed by atoms with Gasteiger partial charge in [-0.3, -0.25) is 4.72 Å². The van der Waals surface area contributed by atoms with Crippen LogP contribution in [0.2, 0.25) is 0 Å². The number of aromatic nitrogens is 1. The Morgan fingerprint density at radius 3 is 2.48 bits per heavy atom. The lowest BCUT2D eigenvalue weighted by molar-refractivity contribution is -0.109. The van der Waals surface area contributed by atoms with Crippen LogP contribution < -0.4 is 24.2 Å². The molecule has 154 valence electrons. The minimum Gasteiger partial charge on any atom is -0.496 e. The van der Waals surface area contributed by atoms with Crippen molar-refractivity contribution < 1.29 is 27.5 Å². The molecule has 0 saturated heterocycles. The van der Waals surface area contributed by atoms with Crippen LogP contribution in [0.3, 0.4) is 0 Å². The standard InChI is InChI=1S/C18H20N4O6S/c1-27-12-9-15(20-16(10-12)28-2)22(17(19)24)29(25,26)21-14-6-4-3-5-13(14)18(11-23)7-8-18/h3-6,9-11,21H,7-8H2,1-2H3,(H2,19,24). The van der Waals surface area contributed by atoms with Crippen molar-refractivity contribution in [2.75, 3.05) is 23.2 Å². The summed E-state index contributed by atoms with van der Waals surface area (Å²) in [5.74, 6) is -0.0686. The Labute approximate surface area is 167 Å². The second-order valence-corrected chi connectivity index (χ2v) is 7.96. The van der Waals surface area contributed by atoms with E-state index in [1.165, 1.54) is 32.4 Å². The molecule has 0 unspecified atom stereocenters. The van der Waals surface area contributed by atoms with Crippen molar-refractivity contribution in [1.29, 1.82) is 0 Å². The van der Waals surface area contributed by atoms with E-state index >= 15 is 0 Å². The third kappa shape index (κ3) is 3.94. The maximum Gasteiger partial charge on any atom is 0.335 e. The Hall–Kier alpha value is -3.34. The molecule has 0 bridgehead atoms. The van der Waals surface area contributed by atoms with Crippen molar-refractivity contribution >= 4 is 34.0 Å². The summed E-state index contributed by atoms with van der Waals surface area (Å²) in [7, 11) is -1.82. The van der Waals surface area contributed by atoms with Crippen molar-refractivity contribution in [3.05, 3.63) is 42.0 Å². The number of methoxy groups -OCH3 is 2. The predicted molar refractivity (Wildman–Crippen MR) is 105 cm³/mol. The number of nitrogens with one attached hydrogen (secondary N) is 1. The number of aldehydes is 1. The average Bonchev–Trinajstić information content (AvgIpc) is 3.48. The molecular formula is C18H20N4O6S. The van der Waals surface area contributed by atoms with Gasteiger partial charge in [-0.05, 0) is 24.5 Å². The molecule has 0 radical (unpaired) electrons. The minimum absolute atomic E-state index is 0.0269. The first-order chi connectivity index (χ1) is 13.8. The van der Waals surface area contributed by atoms with Crippen LogP contribution in [0.5, 0.6) is 11.6 Å². The average molecular weight is 420 g/mol. The number of para-hydroxylation sites is 1. The lowest BCUT2D eigenvalue weighted by atomic mass is 9.96. The number of hydrogen-bond acceptors (Lipinski definition) is 7. The van der Waals surface area contributed by atoms with Crippen molar-refractivity contribution in [2.24, 2.45) is 5.73 Å². The second-order valence-electron chi connectivity index (χ2n) is 6.44. The number of benzene rings is 1. The van der Waals surface area contributed by atoms with E-state index in [0.717, 1.165) is 6.29 Å². The summed E-state index contributed by atoms with van der Waals surface area (Å²) in [4.78, 5) is 27.5. The molecule has 0 atom stereocenters. The number of ether oxygens (including phenoxy) is 2. The molecular weight excluding hydrogens is 400 g/mol. The molecule has 1 aliphatic carbocycles. The Balaban J connectivity index is 2.04. The number of carbonyl (C=O) groups is 2. The Bertz CT molecular complexity index is 1030. The lowest BCUT2D eigenvalue weighted by Gasteiger charge is -2.23. The van der Waals surface area contributed by atoms with Crippen LogP contribution in [0.15, 0.2) is 36.4 Å². The highest BCUT2D eigenvalue weighted by atomic mass is 32.2. The number of amides is 2. The molecule has 0 spiro atoms. The zero-order valence-corrected chi connectivity index (χ0v) is 16.6. The topological polar surface area (TPSA) is 141 Å². The molecule has 0 aliphatic heterocycles. The van der Waals surface area contributed by atoms with E-state index in [0.29, 0.717) is 22.7 Å². The van der Waals surface area contributed by atoms with Crippen molar-refractivity contribution in [3.8, 4) is 11.6 Å². The summed E-state index contributed by atoms with van der Waals surface area (Å²) in [6.07, 6.45) is 2.04. The van der Waals surface area contributed by atoms with Gasteiger partial charge in [-0.1, -0.05) is 18.2 Å². The minimum atomic E-state index is -4.52. The SMILES string of the molecule is COc1cc(OC)nc(N(C(N)=O)S(=O)(=O)Nc2ccccc2C2(C=O)CC2)c1. The molecule has 1 aromatic heterocycles. The summed E-state index contributed by atoms with van der Waals surface area (Å²) in [5, 5.41) is 0. The summed E-state index contributed by atoms with van der Waals surface area (Å²) >= 11 is 0. The highest BCUT2D eigenvalue weighted by molar-refractivity contribution is 7.94. The molecule has 1 aliphatic rings. The molecule has 3 rings (SSSR count). The molecule has 3 N–H and O–H groups in total. The number of anilines is 2. The zero-order chi connectivity index (χ0) is 21.2. The first-order valence-corrected chi connectivity index (χ1v) is 9.99. The number of nitrogens with two attached hydrogens (primary N) is 1. The fourth-order valence-electron chi connectivity index (χ4n) is 2.93. The van der Waals surface area contributed by atoms with Gasteiger partial charge in [-0.15, -0.1) is 0 Å². The van der Waals surface area contributed by atoms with Crippen LogP contribution in [-0.4, -0.2) is 39.9 Å².